The highest BCUT2D eigenvalue weighted by atomic mass is 35.5. The van der Waals surface area contributed by atoms with Gasteiger partial charge in [0.1, 0.15) is 0 Å². The third kappa shape index (κ3) is 4.41. The predicted molar refractivity (Wildman–Crippen MR) is 66.0 cm³/mol. The van der Waals surface area contributed by atoms with Crippen molar-refractivity contribution in [1.29, 1.82) is 0 Å². The lowest BCUT2D eigenvalue weighted by molar-refractivity contribution is -0.129. The molecule has 1 aromatic rings. The molecule has 0 aliphatic heterocycles. The van der Waals surface area contributed by atoms with E-state index in [1.165, 1.54) is 4.88 Å². The molecule has 15 heavy (non-hydrogen) atoms. The molecule has 0 aliphatic rings. The number of thiophene rings is 1. The van der Waals surface area contributed by atoms with Crippen LogP contribution in [-0.2, 0) is 11.2 Å². The van der Waals surface area contributed by atoms with E-state index < -0.39 is 0 Å². The molecule has 0 fully saturated rings. The summed E-state index contributed by atoms with van der Waals surface area (Å²) in [5, 5.41) is 0. The molecule has 0 spiro atoms. The molecule has 0 unspecified atom stereocenters. The number of carbonyl (C=O) groups is 1. The highest BCUT2D eigenvalue weighted by Crippen LogP contribution is 2.21. The van der Waals surface area contributed by atoms with Crippen molar-refractivity contribution in [3.63, 3.8) is 0 Å². The van der Waals surface area contributed by atoms with Gasteiger partial charge < -0.3 is 4.90 Å². The Morgan fingerprint density at radius 3 is 2.80 bits per heavy atom. The van der Waals surface area contributed by atoms with Crippen LogP contribution in [0.1, 0.15) is 11.3 Å². The second-order valence-corrected chi connectivity index (χ2v) is 5.39. The molecular weight excluding hydrogens is 253 g/mol. The second kappa shape index (κ2) is 6.36. The van der Waals surface area contributed by atoms with Gasteiger partial charge in [0.15, 0.2) is 0 Å². The highest BCUT2D eigenvalue weighted by molar-refractivity contribution is 7.16. The SMILES string of the molecule is CN(CCc1ccc(Cl)s1)C(=O)CCCl. The van der Waals surface area contributed by atoms with Gasteiger partial charge in [-0.1, -0.05) is 11.6 Å². The summed E-state index contributed by atoms with van der Waals surface area (Å²) in [6.45, 7) is 0.715. The normalized spacial score (nSPS) is 10.3. The van der Waals surface area contributed by atoms with Crippen LogP contribution in [-0.4, -0.2) is 30.3 Å². The highest BCUT2D eigenvalue weighted by Gasteiger charge is 2.08. The maximum atomic E-state index is 11.4. The minimum absolute atomic E-state index is 0.0904. The Kier molecular flexibility index (Phi) is 5.43. The molecule has 2 nitrogen and oxygen atoms in total. The molecule has 0 aliphatic carbocycles. The Balaban J connectivity index is 2.33. The van der Waals surface area contributed by atoms with Crippen molar-refractivity contribution in [3.8, 4) is 0 Å². The van der Waals surface area contributed by atoms with E-state index in [0.717, 1.165) is 10.8 Å². The third-order valence-corrected chi connectivity index (χ3v) is 3.54. The van der Waals surface area contributed by atoms with Crippen LogP contribution in [0.2, 0.25) is 4.34 Å². The number of hydrogen-bond donors (Lipinski definition) is 0. The summed E-state index contributed by atoms with van der Waals surface area (Å²) >= 11 is 12.9. The second-order valence-electron chi connectivity index (χ2n) is 3.21. The van der Waals surface area contributed by atoms with Gasteiger partial charge in [-0.25, -0.2) is 0 Å². The molecule has 84 valence electrons. The first kappa shape index (κ1) is 12.8. The van der Waals surface area contributed by atoms with Crippen molar-refractivity contribution in [2.45, 2.75) is 12.8 Å². The number of nitrogens with zero attached hydrogens (tertiary/aromatic N) is 1. The summed E-state index contributed by atoms with van der Waals surface area (Å²) in [6.07, 6.45) is 1.26. The van der Waals surface area contributed by atoms with Crippen molar-refractivity contribution in [3.05, 3.63) is 21.3 Å². The van der Waals surface area contributed by atoms with Crippen LogP contribution in [0.4, 0.5) is 0 Å². The van der Waals surface area contributed by atoms with E-state index in [9.17, 15) is 4.79 Å². The zero-order valence-electron chi connectivity index (χ0n) is 8.50. The molecule has 1 aromatic heterocycles. The van der Waals surface area contributed by atoms with Gasteiger partial charge in [0.25, 0.3) is 0 Å². The number of hydrogen-bond acceptors (Lipinski definition) is 2. The minimum atomic E-state index is 0.0904. The monoisotopic (exact) mass is 265 g/mol. The smallest absolute Gasteiger partial charge is 0.223 e. The molecule has 0 N–H and O–H groups in total. The van der Waals surface area contributed by atoms with Gasteiger partial charge in [-0.2, -0.15) is 0 Å². The Bertz CT molecular complexity index is 327. The maximum Gasteiger partial charge on any atom is 0.223 e. The largest absolute Gasteiger partial charge is 0.345 e. The van der Waals surface area contributed by atoms with E-state index in [-0.39, 0.29) is 5.91 Å². The average molecular weight is 266 g/mol. The number of likely N-dealkylation sites (N-methyl/N-ethyl adjacent to an activating group) is 1. The van der Waals surface area contributed by atoms with Gasteiger partial charge in [0, 0.05) is 30.8 Å². The summed E-state index contributed by atoms with van der Waals surface area (Å²) < 4.78 is 0.791. The molecule has 1 rings (SSSR count). The fourth-order valence-corrected chi connectivity index (χ4v) is 2.40. The standard InChI is InChI=1S/C10H13Cl2NOS/c1-13(10(14)4-6-11)7-5-8-2-3-9(12)15-8/h2-3H,4-7H2,1H3. The molecule has 0 radical (unpaired) electrons. The van der Waals surface area contributed by atoms with E-state index in [1.807, 2.05) is 12.1 Å². The molecule has 1 amide bonds. The Hall–Kier alpha value is -0.250. The van der Waals surface area contributed by atoms with Crippen molar-refractivity contribution >= 4 is 40.4 Å². The van der Waals surface area contributed by atoms with Crippen LogP contribution >= 0.6 is 34.5 Å². The first-order valence-corrected chi connectivity index (χ1v) is 6.40. The lowest BCUT2D eigenvalue weighted by Crippen LogP contribution is -2.28. The number of alkyl halides is 1. The van der Waals surface area contributed by atoms with E-state index in [0.29, 0.717) is 18.8 Å². The zero-order chi connectivity index (χ0) is 11.3. The van der Waals surface area contributed by atoms with E-state index in [1.54, 1.807) is 23.3 Å². The number of amides is 1. The summed E-state index contributed by atoms with van der Waals surface area (Å²) in [5.74, 6) is 0.473. The molecule has 5 heteroatoms. The first-order valence-electron chi connectivity index (χ1n) is 4.67. The molecule has 0 saturated heterocycles. The maximum absolute atomic E-state index is 11.4. The van der Waals surface area contributed by atoms with E-state index in [4.69, 9.17) is 23.2 Å². The van der Waals surface area contributed by atoms with Crippen LogP contribution in [0.15, 0.2) is 12.1 Å². The lowest BCUT2D eigenvalue weighted by Gasteiger charge is -2.15. The summed E-state index contributed by atoms with van der Waals surface area (Å²) in [4.78, 5) is 14.3. The van der Waals surface area contributed by atoms with Crippen molar-refractivity contribution < 1.29 is 4.79 Å². The average Bonchev–Trinajstić information content (AvgIpc) is 2.61. The molecule has 0 bridgehead atoms. The van der Waals surface area contributed by atoms with Crippen LogP contribution < -0.4 is 0 Å². The molecule has 1 heterocycles. The Morgan fingerprint density at radius 2 is 2.27 bits per heavy atom. The van der Waals surface area contributed by atoms with Crippen LogP contribution in [0, 0.1) is 0 Å². The summed E-state index contributed by atoms with van der Waals surface area (Å²) in [6, 6.07) is 3.87. The van der Waals surface area contributed by atoms with Gasteiger partial charge in [0.05, 0.1) is 4.34 Å². The van der Waals surface area contributed by atoms with Gasteiger partial charge in [-0.3, -0.25) is 4.79 Å². The van der Waals surface area contributed by atoms with Crippen LogP contribution in [0.25, 0.3) is 0 Å². The van der Waals surface area contributed by atoms with Crippen LogP contribution in [0.5, 0.6) is 0 Å². The van der Waals surface area contributed by atoms with Gasteiger partial charge in [0.2, 0.25) is 5.91 Å². The van der Waals surface area contributed by atoms with Gasteiger partial charge >= 0.3 is 0 Å². The minimum Gasteiger partial charge on any atom is -0.345 e. The Morgan fingerprint density at radius 1 is 1.53 bits per heavy atom. The predicted octanol–water partition coefficient (Wildman–Crippen LogP) is 3.03. The topological polar surface area (TPSA) is 20.3 Å². The van der Waals surface area contributed by atoms with Gasteiger partial charge in [-0.15, -0.1) is 22.9 Å². The molecular formula is C10H13Cl2NOS. The van der Waals surface area contributed by atoms with E-state index in [2.05, 4.69) is 0 Å². The number of carbonyl (C=O) groups excluding carboxylic acids is 1. The first-order chi connectivity index (χ1) is 7.13. The molecule has 0 atom stereocenters. The number of rotatable bonds is 5. The molecule has 0 aromatic carbocycles. The quantitative estimate of drug-likeness (QED) is 0.750. The number of halogens is 2. The van der Waals surface area contributed by atoms with Crippen LogP contribution in [0.3, 0.4) is 0 Å². The fraction of sp³-hybridized carbons (Fsp3) is 0.500. The van der Waals surface area contributed by atoms with Crippen molar-refractivity contribution in [2.24, 2.45) is 0 Å². The van der Waals surface area contributed by atoms with Crippen molar-refractivity contribution in [2.75, 3.05) is 19.5 Å². The van der Waals surface area contributed by atoms with E-state index >= 15 is 0 Å². The Labute approximate surface area is 104 Å². The fourth-order valence-electron chi connectivity index (χ4n) is 1.16. The third-order valence-electron chi connectivity index (χ3n) is 2.06. The van der Waals surface area contributed by atoms with Crippen molar-refractivity contribution in [1.82, 2.24) is 4.90 Å². The summed E-state index contributed by atoms with van der Waals surface area (Å²) in [7, 11) is 1.80. The lowest BCUT2D eigenvalue weighted by atomic mass is 10.3. The molecule has 0 saturated carbocycles. The zero-order valence-corrected chi connectivity index (χ0v) is 10.8. The van der Waals surface area contributed by atoms with Gasteiger partial charge in [-0.05, 0) is 18.6 Å². The summed E-state index contributed by atoms with van der Waals surface area (Å²) in [5.41, 5.74) is 0.